The molecule has 0 N–H and O–H groups in total. The average molecular weight is 409 g/mol. The first-order valence-electron chi connectivity index (χ1n) is 9.46. The molecular weight excluding hydrogens is 385 g/mol. The number of amides is 1. The summed E-state index contributed by atoms with van der Waals surface area (Å²) < 4.78 is 41.9. The maximum Gasteiger partial charge on any atom is 0.331 e. The van der Waals surface area contributed by atoms with Gasteiger partial charge in [0, 0.05) is 18.2 Å². The Morgan fingerprint density at radius 2 is 1.93 bits per heavy atom. The predicted octanol–water partition coefficient (Wildman–Crippen LogP) is 2.34. The molecule has 0 bridgehead atoms. The zero-order valence-corrected chi connectivity index (χ0v) is 16.4. The third kappa shape index (κ3) is 5.41. The lowest BCUT2D eigenvalue weighted by Crippen LogP contribution is -2.48. The second-order valence-electron chi connectivity index (χ2n) is 7.29. The van der Waals surface area contributed by atoms with Gasteiger partial charge in [0.25, 0.3) is 5.91 Å². The van der Waals surface area contributed by atoms with Gasteiger partial charge in [-0.3, -0.25) is 4.79 Å². The van der Waals surface area contributed by atoms with Gasteiger partial charge in [-0.05, 0) is 43.0 Å². The summed E-state index contributed by atoms with van der Waals surface area (Å²) in [6, 6.07) is 5.40. The van der Waals surface area contributed by atoms with E-state index in [1.807, 2.05) is 0 Å². The van der Waals surface area contributed by atoms with E-state index in [1.165, 1.54) is 24.3 Å². The van der Waals surface area contributed by atoms with Gasteiger partial charge >= 0.3 is 5.97 Å². The molecule has 1 aliphatic heterocycles. The van der Waals surface area contributed by atoms with Crippen molar-refractivity contribution < 1.29 is 27.1 Å². The molecule has 1 saturated carbocycles. The van der Waals surface area contributed by atoms with E-state index in [1.54, 1.807) is 11.0 Å². The Morgan fingerprint density at radius 3 is 2.57 bits per heavy atom. The Hall–Kier alpha value is -2.22. The topological polar surface area (TPSA) is 80.8 Å². The lowest BCUT2D eigenvalue weighted by atomic mass is 10.1. The molecule has 8 heteroatoms. The van der Waals surface area contributed by atoms with E-state index in [9.17, 15) is 22.4 Å². The number of esters is 1. The Bertz CT molecular complexity index is 861. The molecule has 1 aromatic carbocycles. The lowest BCUT2D eigenvalue weighted by Gasteiger charge is -2.33. The van der Waals surface area contributed by atoms with E-state index in [0.29, 0.717) is 12.0 Å². The summed E-state index contributed by atoms with van der Waals surface area (Å²) in [4.78, 5) is 26.3. The van der Waals surface area contributed by atoms with Crippen LogP contribution in [0.2, 0.25) is 0 Å². The van der Waals surface area contributed by atoms with Crippen LogP contribution in [-0.2, 0) is 24.2 Å². The van der Waals surface area contributed by atoms with Gasteiger partial charge in [0.05, 0.1) is 11.5 Å². The summed E-state index contributed by atoms with van der Waals surface area (Å²) in [5.41, 5.74) is 0.507. The summed E-state index contributed by atoms with van der Waals surface area (Å²) in [5.74, 6) is -1.42. The van der Waals surface area contributed by atoms with Crippen LogP contribution in [0.5, 0.6) is 0 Å². The summed E-state index contributed by atoms with van der Waals surface area (Å²) in [5, 5.41) is 0. The summed E-state index contributed by atoms with van der Waals surface area (Å²) in [6.45, 7) is -0.431. The van der Waals surface area contributed by atoms with Crippen LogP contribution < -0.4 is 0 Å². The van der Waals surface area contributed by atoms with Crippen molar-refractivity contribution in [2.45, 2.75) is 44.2 Å². The number of carbonyl (C=O) groups is 2. The van der Waals surface area contributed by atoms with Gasteiger partial charge in [0.2, 0.25) is 0 Å². The van der Waals surface area contributed by atoms with Crippen LogP contribution in [0.3, 0.4) is 0 Å². The summed E-state index contributed by atoms with van der Waals surface area (Å²) >= 11 is 0. The number of hydrogen-bond donors (Lipinski definition) is 0. The first kappa shape index (κ1) is 20.5. The number of benzene rings is 1. The number of nitrogens with zero attached hydrogens (tertiary/aromatic N) is 1. The second-order valence-corrected chi connectivity index (χ2v) is 9.52. The fraction of sp³-hybridized carbons (Fsp3) is 0.500. The maximum atomic E-state index is 13.1. The van der Waals surface area contributed by atoms with Crippen LogP contribution in [-0.4, -0.2) is 55.4 Å². The SMILES string of the molecule is O=C(/C=C/c1cccc(F)c1)OCC(=O)N(C1CCCC1)[C@H]1CCS(=O)(=O)C1. The fourth-order valence-corrected chi connectivity index (χ4v) is 5.62. The molecule has 6 nitrogen and oxygen atoms in total. The third-order valence-electron chi connectivity index (χ3n) is 5.21. The smallest absolute Gasteiger partial charge is 0.331 e. The molecule has 1 heterocycles. The van der Waals surface area contributed by atoms with Crippen molar-refractivity contribution in [3.05, 3.63) is 41.7 Å². The van der Waals surface area contributed by atoms with Gasteiger partial charge in [-0.25, -0.2) is 17.6 Å². The minimum Gasteiger partial charge on any atom is -0.452 e. The minimum absolute atomic E-state index is 0.00679. The van der Waals surface area contributed by atoms with Crippen molar-refractivity contribution in [1.82, 2.24) is 4.90 Å². The fourth-order valence-electron chi connectivity index (χ4n) is 3.91. The van der Waals surface area contributed by atoms with E-state index >= 15 is 0 Å². The number of sulfone groups is 1. The van der Waals surface area contributed by atoms with Crippen LogP contribution in [0.1, 0.15) is 37.7 Å². The predicted molar refractivity (Wildman–Crippen MR) is 103 cm³/mol. The molecule has 1 aliphatic carbocycles. The number of ether oxygens (including phenoxy) is 1. The van der Waals surface area contributed by atoms with Gasteiger partial charge in [-0.2, -0.15) is 0 Å². The van der Waals surface area contributed by atoms with Crippen molar-refractivity contribution in [2.75, 3.05) is 18.1 Å². The van der Waals surface area contributed by atoms with Crippen molar-refractivity contribution in [3.63, 3.8) is 0 Å². The highest BCUT2D eigenvalue weighted by atomic mass is 32.2. The Kier molecular flexibility index (Phi) is 6.49. The molecule has 1 atom stereocenters. The largest absolute Gasteiger partial charge is 0.452 e. The van der Waals surface area contributed by atoms with Crippen LogP contribution in [0.25, 0.3) is 6.08 Å². The molecule has 1 amide bonds. The quantitative estimate of drug-likeness (QED) is 0.532. The Labute approximate surface area is 164 Å². The van der Waals surface area contributed by atoms with Gasteiger partial charge in [-0.15, -0.1) is 0 Å². The monoisotopic (exact) mass is 409 g/mol. The van der Waals surface area contributed by atoms with Crippen LogP contribution in [0, 0.1) is 5.82 Å². The highest BCUT2D eigenvalue weighted by Crippen LogP contribution is 2.29. The molecule has 28 heavy (non-hydrogen) atoms. The van der Waals surface area contributed by atoms with E-state index in [2.05, 4.69) is 0 Å². The Balaban J connectivity index is 1.59. The highest BCUT2D eigenvalue weighted by Gasteiger charge is 2.39. The molecule has 152 valence electrons. The first-order valence-corrected chi connectivity index (χ1v) is 11.3. The van der Waals surface area contributed by atoms with Gasteiger partial charge in [0.15, 0.2) is 16.4 Å². The molecule has 2 aliphatic rings. The van der Waals surface area contributed by atoms with Crippen molar-refractivity contribution in [1.29, 1.82) is 0 Å². The standard InChI is InChI=1S/C20H24FNO5S/c21-16-5-3-4-15(12-16)8-9-20(24)27-13-19(23)22(17-6-1-2-7-17)18-10-11-28(25,26)14-18/h3-5,8-9,12,17-18H,1-2,6-7,10-11,13-14H2/b9-8+/t18-/m0/s1. The summed E-state index contributed by atoms with van der Waals surface area (Å²) in [6.07, 6.45) is 6.67. The molecule has 1 saturated heterocycles. The molecule has 0 spiro atoms. The average Bonchev–Trinajstić information content (AvgIpc) is 3.28. The molecule has 2 fully saturated rings. The number of hydrogen-bond acceptors (Lipinski definition) is 5. The van der Waals surface area contributed by atoms with Gasteiger partial charge < -0.3 is 9.64 Å². The van der Waals surface area contributed by atoms with E-state index in [4.69, 9.17) is 4.74 Å². The number of rotatable bonds is 6. The minimum atomic E-state index is -3.12. The Morgan fingerprint density at radius 1 is 1.18 bits per heavy atom. The van der Waals surface area contributed by atoms with Crippen molar-refractivity contribution >= 4 is 27.8 Å². The van der Waals surface area contributed by atoms with Crippen LogP contribution in [0.15, 0.2) is 30.3 Å². The van der Waals surface area contributed by atoms with E-state index in [-0.39, 0.29) is 29.5 Å². The molecule has 0 radical (unpaired) electrons. The lowest BCUT2D eigenvalue weighted by molar-refractivity contribution is -0.150. The molecule has 0 unspecified atom stereocenters. The highest BCUT2D eigenvalue weighted by molar-refractivity contribution is 7.91. The first-order chi connectivity index (χ1) is 13.3. The van der Waals surface area contributed by atoms with Crippen LogP contribution in [0.4, 0.5) is 4.39 Å². The van der Waals surface area contributed by atoms with Crippen LogP contribution >= 0.6 is 0 Å². The van der Waals surface area contributed by atoms with Crippen molar-refractivity contribution in [3.8, 4) is 0 Å². The molecule has 0 aromatic heterocycles. The molecule has 3 rings (SSSR count). The third-order valence-corrected chi connectivity index (χ3v) is 6.96. The number of halogens is 1. The second kappa shape index (κ2) is 8.86. The maximum absolute atomic E-state index is 13.1. The normalized spacial score (nSPS) is 21.8. The molecular formula is C20H24FNO5S. The van der Waals surface area contributed by atoms with E-state index < -0.39 is 28.2 Å². The zero-order chi connectivity index (χ0) is 20.1. The number of carbonyl (C=O) groups excluding carboxylic acids is 2. The van der Waals surface area contributed by atoms with Crippen molar-refractivity contribution in [2.24, 2.45) is 0 Å². The van der Waals surface area contributed by atoms with E-state index in [0.717, 1.165) is 31.8 Å². The van der Waals surface area contributed by atoms with Gasteiger partial charge in [-0.1, -0.05) is 25.0 Å². The van der Waals surface area contributed by atoms with Gasteiger partial charge in [0.1, 0.15) is 5.82 Å². The summed E-state index contributed by atoms with van der Waals surface area (Å²) in [7, 11) is -3.12. The zero-order valence-electron chi connectivity index (χ0n) is 15.6. The molecule has 1 aromatic rings.